The summed E-state index contributed by atoms with van der Waals surface area (Å²) in [7, 11) is 0. The maximum Gasteiger partial charge on any atom is 0.258 e. The van der Waals surface area contributed by atoms with Crippen molar-refractivity contribution in [1.82, 2.24) is 5.32 Å². The number of nitrogens with one attached hydrogen (secondary N) is 1. The highest BCUT2D eigenvalue weighted by atomic mass is 16.5. The molecule has 0 unspecified atom stereocenters. The summed E-state index contributed by atoms with van der Waals surface area (Å²) in [4.78, 5) is 12.0. The first-order valence-electron chi connectivity index (χ1n) is 7.46. The summed E-state index contributed by atoms with van der Waals surface area (Å²) in [5, 5.41) is 2.97. The van der Waals surface area contributed by atoms with Crippen LogP contribution in [0.15, 0.2) is 24.3 Å². The van der Waals surface area contributed by atoms with Crippen LogP contribution >= 0.6 is 0 Å². The van der Waals surface area contributed by atoms with E-state index in [1.807, 2.05) is 39.0 Å². The maximum absolute atomic E-state index is 12.0. The van der Waals surface area contributed by atoms with Gasteiger partial charge >= 0.3 is 0 Å². The van der Waals surface area contributed by atoms with Gasteiger partial charge in [-0.2, -0.15) is 0 Å². The number of carbonyl (C=O) groups is 1. The summed E-state index contributed by atoms with van der Waals surface area (Å²) in [6.07, 6.45) is 1.59. The first-order chi connectivity index (χ1) is 10.1. The molecule has 0 aliphatic carbocycles. The molecule has 0 atom stereocenters. The van der Waals surface area contributed by atoms with Crippen molar-refractivity contribution in [2.24, 2.45) is 5.73 Å². The van der Waals surface area contributed by atoms with Crippen molar-refractivity contribution in [3.63, 3.8) is 0 Å². The first kappa shape index (κ1) is 17.3. The lowest BCUT2D eigenvalue weighted by Gasteiger charge is -2.31. The van der Waals surface area contributed by atoms with Gasteiger partial charge in [-0.05, 0) is 31.9 Å². The third kappa shape index (κ3) is 4.93. The van der Waals surface area contributed by atoms with Crippen molar-refractivity contribution in [2.45, 2.75) is 39.2 Å². The molecule has 1 aromatic rings. The number of amides is 1. The Morgan fingerprint density at radius 1 is 1.14 bits per heavy atom. The van der Waals surface area contributed by atoms with Gasteiger partial charge in [-0.15, -0.1) is 0 Å². The molecule has 0 aliphatic heterocycles. The molecule has 5 nitrogen and oxygen atoms in total. The van der Waals surface area contributed by atoms with Crippen LogP contribution in [-0.2, 0) is 4.79 Å². The Morgan fingerprint density at radius 2 is 1.71 bits per heavy atom. The van der Waals surface area contributed by atoms with Gasteiger partial charge in [0.1, 0.15) is 0 Å². The molecule has 0 heterocycles. The van der Waals surface area contributed by atoms with Crippen LogP contribution in [0.3, 0.4) is 0 Å². The Kier molecular flexibility index (Phi) is 7.02. The van der Waals surface area contributed by atoms with E-state index in [9.17, 15) is 4.79 Å². The summed E-state index contributed by atoms with van der Waals surface area (Å²) in [5.41, 5.74) is 5.43. The molecule has 1 aromatic carbocycles. The van der Waals surface area contributed by atoms with Gasteiger partial charge in [-0.1, -0.05) is 26.0 Å². The van der Waals surface area contributed by atoms with Crippen molar-refractivity contribution in [2.75, 3.05) is 19.8 Å². The van der Waals surface area contributed by atoms with E-state index >= 15 is 0 Å². The smallest absolute Gasteiger partial charge is 0.258 e. The standard InChI is InChI=1S/C16H26N2O3/c1-4-16(5-2,12-17)18-15(19)11-21-14-10-8-7-9-13(14)20-6-3/h7-10H,4-6,11-12,17H2,1-3H3,(H,18,19). The molecule has 21 heavy (non-hydrogen) atoms. The number of ether oxygens (including phenoxy) is 2. The van der Waals surface area contributed by atoms with E-state index in [4.69, 9.17) is 15.2 Å². The molecule has 0 aromatic heterocycles. The molecule has 0 spiro atoms. The number of hydrogen-bond acceptors (Lipinski definition) is 4. The second kappa shape index (κ2) is 8.52. The van der Waals surface area contributed by atoms with E-state index in [0.29, 0.717) is 24.7 Å². The quantitative estimate of drug-likeness (QED) is 0.731. The Hall–Kier alpha value is -1.75. The van der Waals surface area contributed by atoms with E-state index < -0.39 is 0 Å². The van der Waals surface area contributed by atoms with Crippen LogP contribution in [0.25, 0.3) is 0 Å². The van der Waals surface area contributed by atoms with Gasteiger partial charge in [-0.25, -0.2) is 0 Å². The van der Waals surface area contributed by atoms with Crippen LogP contribution in [-0.4, -0.2) is 31.2 Å². The monoisotopic (exact) mass is 294 g/mol. The SMILES string of the molecule is CCOc1ccccc1OCC(=O)NC(CC)(CC)CN. The lowest BCUT2D eigenvalue weighted by Crippen LogP contribution is -2.54. The van der Waals surface area contributed by atoms with E-state index in [1.165, 1.54) is 0 Å². The second-order valence-electron chi connectivity index (χ2n) is 4.91. The van der Waals surface area contributed by atoms with Crippen LogP contribution < -0.4 is 20.5 Å². The van der Waals surface area contributed by atoms with Gasteiger partial charge in [0.15, 0.2) is 18.1 Å². The van der Waals surface area contributed by atoms with E-state index in [0.717, 1.165) is 12.8 Å². The molecule has 1 rings (SSSR count). The highest BCUT2D eigenvalue weighted by Crippen LogP contribution is 2.26. The molecule has 5 heteroatoms. The van der Waals surface area contributed by atoms with E-state index in [2.05, 4.69) is 5.32 Å². The number of hydrogen-bond donors (Lipinski definition) is 2. The Labute approximate surface area is 126 Å². The lowest BCUT2D eigenvalue weighted by atomic mass is 9.93. The molecule has 0 fully saturated rings. The van der Waals surface area contributed by atoms with Gasteiger partial charge in [0.2, 0.25) is 0 Å². The normalized spacial score (nSPS) is 11.0. The van der Waals surface area contributed by atoms with Gasteiger partial charge < -0.3 is 20.5 Å². The van der Waals surface area contributed by atoms with Crippen molar-refractivity contribution in [3.8, 4) is 11.5 Å². The van der Waals surface area contributed by atoms with E-state index in [-0.39, 0.29) is 18.1 Å². The largest absolute Gasteiger partial charge is 0.490 e. The van der Waals surface area contributed by atoms with Gasteiger partial charge in [-0.3, -0.25) is 4.79 Å². The zero-order valence-electron chi connectivity index (χ0n) is 13.1. The highest BCUT2D eigenvalue weighted by Gasteiger charge is 2.26. The number of benzene rings is 1. The van der Waals surface area contributed by atoms with Crippen molar-refractivity contribution < 1.29 is 14.3 Å². The average molecular weight is 294 g/mol. The summed E-state index contributed by atoms with van der Waals surface area (Å²) in [6.45, 7) is 6.85. The molecule has 3 N–H and O–H groups in total. The van der Waals surface area contributed by atoms with Crippen molar-refractivity contribution in [1.29, 1.82) is 0 Å². The van der Waals surface area contributed by atoms with Crippen LogP contribution in [0, 0.1) is 0 Å². The number of carbonyl (C=O) groups excluding carboxylic acids is 1. The topological polar surface area (TPSA) is 73.6 Å². The predicted octanol–water partition coefficient (Wildman–Crippen LogP) is 2.10. The zero-order chi connectivity index (χ0) is 15.7. The fourth-order valence-corrected chi connectivity index (χ4v) is 2.09. The maximum atomic E-state index is 12.0. The summed E-state index contributed by atoms with van der Waals surface area (Å²) >= 11 is 0. The Morgan fingerprint density at radius 3 is 2.19 bits per heavy atom. The summed E-state index contributed by atoms with van der Waals surface area (Å²) < 4.78 is 11.0. The Balaban J connectivity index is 2.61. The molecular formula is C16H26N2O3. The van der Waals surface area contributed by atoms with Gasteiger partial charge in [0.05, 0.1) is 12.1 Å². The molecule has 0 saturated carbocycles. The van der Waals surface area contributed by atoms with Crippen molar-refractivity contribution in [3.05, 3.63) is 24.3 Å². The molecule has 0 bridgehead atoms. The Bertz CT molecular complexity index is 437. The van der Waals surface area contributed by atoms with Crippen LogP contribution in [0.4, 0.5) is 0 Å². The molecule has 0 aliphatic rings. The van der Waals surface area contributed by atoms with Crippen LogP contribution in [0.2, 0.25) is 0 Å². The summed E-state index contributed by atoms with van der Waals surface area (Å²) in [6, 6.07) is 7.32. The molecule has 0 saturated heterocycles. The second-order valence-corrected chi connectivity index (χ2v) is 4.91. The number of para-hydroxylation sites is 2. The third-order valence-electron chi connectivity index (χ3n) is 3.66. The molecular weight excluding hydrogens is 268 g/mol. The first-order valence-corrected chi connectivity index (χ1v) is 7.46. The fraction of sp³-hybridized carbons (Fsp3) is 0.562. The summed E-state index contributed by atoms with van der Waals surface area (Å²) in [5.74, 6) is 1.04. The number of rotatable bonds is 9. The predicted molar refractivity (Wildman–Crippen MR) is 83.6 cm³/mol. The third-order valence-corrected chi connectivity index (χ3v) is 3.66. The molecule has 0 radical (unpaired) electrons. The minimum Gasteiger partial charge on any atom is -0.490 e. The average Bonchev–Trinajstić information content (AvgIpc) is 2.52. The number of nitrogens with two attached hydrogens (primary N) is 1. The minimum absolute atomic E-state index is 0.0498. The fourth-order valence-electron chi connectivity index (χ4n) is 2.09. The minimum atomic E-state index is -0.347. The van der Waals surface area contributed by atoms with Crippen LogP contribution in [0.1, 0.15) is 33.6 Å². The van der Waals surface area contributed by atoms with Crippen LogP contribution in [0.5, 0.6) is 11.5 Å². The lowest BCUT2D eigenvalue weighted by molar-refractivity contribution is -0.125. The molecule has 118 valence electrons. The highest BCUT2D eigenvalue weighted by molar-refractivity contribution is 5.78. The molecule has 1 amide bonds. The zero-order valence-corrected chi connectivity index (χ0v) is 13.1. The van der Waals surface area contributed by atoms with E-state index in [1.54, 1.807) is 6.07 Å². The van der Waals surface area contributed by atoms with Gasteiger partial charge in [0.25, 0.3) is 5.91 Å². The van der Waals surface area contributed by atoms with Gasteiger partial charge in [0, 0.05) is 6.54 Å². The van der Waals surface area contributed by atoms with Crippen molar-refractivity contribution >= 4 is 5.91 Å².